The van der Waals surface area contributed by atoms with Crippen LogP contribution in [0, 0.1) is 10.1 Å². The van der Waals surface area contributed by atoms with Gasteiger partial charge in [-0.1, -0.05) is 18.7 Å². The highest BCUT2D eigenvalue weighted by Gasteiger charge is 1.94. The van der Waals surface area contributed by atoms with Crippen molar-refractivity contribution in [2.75, 3.05) is 13.6 Å². The first-order valence-corrected chi connectivity index (χ1v) is 3.60. The first-order valence-electron chi connectivity index (χ1n) is 3.60. The summed E-state index contributed by atoms with van der Waals surface area (Å²) in [6.07, 6.45) is 8.12. The molecule has 1 aliphatic heterocycles. The van der Waals surface area contributed by atoms with Crippen molar-refractivity contribution < 1.29 is 10.3 Å². The van der Waals surface area contributed by atoms with Crippen LogP contribution in [0.15, 0.2) is 36.6 Å². The van der Waals surface area contributed by atoms with Crippen LogP contribution in [0.2, 0.25) is 0 Å². The van der Waals surface area contributed by atoms with Gasteiger partial charge in [0.2, 0.25) is 0 Å². The van der Waals surface area contributed by atoms with Crippen LogP contribution in [-0.2, 0) is 0 Å². The number of hydrogen-bond acceptors (Lipinski definition) is 3. The van der Waals surface area contributed by atoms with Gasteiger partial charge in [-0.15, -0.1) is 10.1 Å². The summed E-state index contributed by atoms with van der Waals surface area (Å²) < 4.78 is 0. The van der Waals surface area contributed by atoms with Crippen molar-refractivity contribution in [3.63, 3.8) is 0 Å². The molecule has 0 aromatic heterocycles. The highest BCUT2D eigenvalue weighted by molar-refractivity contribution is 5.31. The monoisotopic (exact) mass is 184 g/mol. The van der Waals surface area contributed by atoms with Gasteiger partial charge in [-0.05, 0) is 17.8 Å². The second-order valence-corrected chi connectivity index (χ2v) is 2.40. The van der Waals surface area contributed by atoms with Crippen molar-refractivity contribution in [1.82, 2.24) is 4.90 Å². The highest BCUT2D eigenvalue weighted by Crippen LogP contribution is 2.04. The van der Waals surface area contributed by atoms with Gasteiger partial charge in [0.15, 0.2) is 0 Å². The second-order valence-electron chi connectivity index (χ2n) is 2.40. The van der Waals surface area contributed by atoms with Gasteiger partial charge in [0.25, 0.3) is 5.09 Å². The molecule has 0 unspecified atom stereocenters. The number of allylic oxidation sites excluding steroid dienone is 3. The maximum Gasteiger partial charge on any atom is 0.291 e. The van der Waals surface area contributed by atoms with Crippen LogP contribution in [0.1, 0.15) is 0 Å². The van der Waals surface area contributed by atoms with Crippen molar-refractivity contribution in [2.24, 2.45) is 0 Å². The normalized spacial score (nSPS) is 13.9. The lowest BCUT2D eigenvalue weighted by Gasteiger charge is -2.14. The van der Waals surface area contributed by atoms with E-state index in [1.807, 2.05) is 13.1 Å². The molecule has 0 radical (unpaired) electrons. The predicted octanol–water partition coefficient (Wildman–Crippen LogP) is 1.21. The van der Waals surface area contributed by atoms with E-state index in [9.17, 15) is 0 Å². The molecule has 1 N–H and O–H groups in total. The summed E-state index contributed by atoms with van der Waals surface area (Å²) >= 11 is 0. The van der Waals surface area contributed by atoms with E-state index >= 15 is 0 Å². The van der Waals surface area contributed by atoms with Gasteiger partial charge in [0.05, 0.1) is 0 Å². The van der Waals surface area contributed by atoms with E-state index in [1.54, 1.807) is 0 Å². The van der Waals surface area contributed by atoms with Crippen LogP contribution in [0.4, 0.5) is 0 Å². The molecule has 5 nitrogen and oxygen atoms in total. The minimum atomic E-state index is -1.50. The minimum Gasteiger partial charge on any atom is -0.377 e. The van der Waals surface area contributed by atoms with Crippen LogP contribution >= 0.6 is 0 Å². The molecule has 0 aliphatic carbocycles. The summed E-state index contributed by atoms with van der Waals surface area (Å²) in [7, 11) is 2.05. The molecule has 13 heavy (non-hydrogen) atoms. The van der Waals surface area contributed by atoms with Crippen LogP contribution in [0.3, 0.4) is 0 Å². The molecule has 1 rings (SSSR count). The quantitative estimate of drug-likeness (QED) is 0.491. The Hall–Kier alpha value is -1.78. The standard InChI is InChI=1S/C8H11N.HNO3/c1-3-8-4-6-9(2)7-5-8;2-1(3)4/h3-6H,1,7H2,2H3;(H,2,3,4). The summed E-state index contributed by atoms with van der Waals surface area (Å²) in [5.74, 6) is 0. The van der Waals surface area contributed by atoms with E-state index in [4.69, 9.17) is 15.3 Å². The SMILES string of the molecule is C=CC1=CCN(C)C=C1.O=[N+]([O-])O. The smallest absolute Gasteiger partial charge is 0.291 e. The summed E-state index contributed by atoms with van der Waals surface area (Å²) in [6, 6.07) is 0. The Morgan fingerprint density at radius 3 is 2.69 bits per heavy atom. The van der Waals surface area contributed by atoms with E-state index in [2.05, 4.69) is 29.8 Å². The van der Waals surface area contributed by atoms with E-state index in [0.29, 0.717) is 0 Å². The molecule has 0 aromatic rings. The minimum absolute atomic E-state index is 0.998. The second kappa shape index (κ2) is 5.82. The third-order valence-corrected chi connectivity index (χ3v) is 1.37. The Balaban J connectivity index is 0.000000310. The number of rotatable bonds is 1. The zero-order valence-corrected chi connectivity index (χ0v) is 7.38. The highest BCUT2D eigenvalue weighted by atomic mass is 16.9. The average molecular weight is 184 g/mol. The molecule has 0 saturated carbocycles. The third-order valence-electron chi connectivity index (χ3n) is 1.37. The molecular formula is C8H12N2O3. The van der Waals surface area contributed by atoms with Crippen LogP contribution in [-0.4, -0.2) is 28.8 Å². The van der Waals surface area contributed by atoms with Crippen molar-refractivity contribution >= 4 is 0 Å². The number of hydrogen-bond donors (Lipinski definition) is 1. The molecule has 0 fully saturated rings. The summed E-state index contributed by atoms with van der Waals surface area (Å²) in [4.78, 5) is 10.5. The fourth-order valence-electron chi connectivity index (χ4n) is 0.743. The lowest BCUT2D eigenvalue weighted by Crippen LogP contribution is -2.12. The Morgan fingerprint density at radius 1 is 1.85 bits per heavy atom. The van der Waals surface area contributed by atoms with Gasteiger partial charge < -0.3 is 10.1 Å². The van der Waals surface area contributed by atoms with Gasteiger partial charge in [0, 0.05) is 13.6 Å². The Labute approximate surface area is 76.4 Å². The third kappa shape index (κ3) is 6.61. The molecular weight excluding hydrogens is 172 g/mol. The molecule has 0 aromatic carbocycles. The summed E-state index contributed by atoms with van der Waals surface area (Å²) in [5, 5.41) is 13.6. The zero-order chi connectivity index (χ0) is 10.3. The van der Waals surface area contributed by atoms with Crippen molar-refractivity contribution in [2.45, 2.75) is 0 Å². The fourth-order valence-corrected chi connectivity index (χ4v) is 0.743. The summed E-state index contributed by atoms with van der Waals surface area (Å²) in [6.45, 7) is 4.67. The Kier molecular flexibility index (Phi) is 5.02. The number of nitrogens with zero attached hydrogens (tertiary/aromatic N) is 2. The number of likely N-dealkylation sites (N-methyl/N-ethyl adjacent to an activating group) is 1. The molecule has 0 spiro atoms. The van der Waals surface area contributed by atoms with Gasteiger partial charge in [-0.3, -0.25) is 0 Å². The molecule has 5 heteroatoms. The molecule has 0 saturated heterocycles. The Bertz CT molecular complexity index is 242. The van der Waals surface area contributed by atoms with Crippen LogP contribution in [0.5, 0.6) is 0 Å². The van der Waals surface area contributed by atoms with Gasteiger partial charge in [-0.2, -0.15) is 0 Å². The fraction of sp³-hybridized carbons (Fsp3) is 0.250. The predicted molar refractivity (Wildman–Crippen MR) is 48.8 cm³/mol. The average Bonchev–Trinajstić information content (AvgIpc) is 2.05. The largest absolute Gasteiger partial charge is 0.377 e. The van der Waals surface area contributed by atoms with Crippen molar-refractivity contribution in [3.05, 3.63) is 46.7 Å². The lowest BCUT2D eigenvalue weighted by atomic mass is 10.2. The first kappa shape index (κ1) is 11.2. The molecule has 0 bridgehead atoms. The summed E-state index contributed by atoms with van der Waals surface area (Å²) in [5.41, 5.74) is 1.22. The van der Waals surface area contributed by atoms with Crippen LogP contribution in [0.25, 0.3) is 0 Å². The Morgan fingerprint density at radius 2 is 2.38 bits per heavy atom. The molecule has 1 heterocycles. The van der Waals surface area contributed by atoms with Crippen molar-refractivity contribution in [3.8, 4) is 0 Å². The molecule has 0 atom stereocenters. The molecule has 1 aliphatic rings. The van der Waals surface area contributed by atoms with Crippen LogP contribution < -0.4 is 0 Å². The van der Waals surface area contributed by atoms with Gasteiger partial charge in [0.1, 0.15) is 0 Å². The molecule has 0 amide bonds. The maximum atomic E-state index is 8.36. The zero-order valence-electron chi connectivity index (χ0n) is 7.38. The van der Waals surface area contributed by atoms with E-state index < -0.39 is 5.09 Å². The van der Waals surface area contributed by atoms with Gasteiger partial charge >= 0.3 is 0 Å². The van der Waals surface area contributed by atoms with E-state index in [-0.39, 0.29) is 0 Å². The molecule has 72 valence electrons. The lowest BCUT2D eigenvalue weighted by molar-refractivity contribution is -0.742. The topological polar surface area (TPSA) is 66.6 Å². The van der Waals surface area contributed by atoms with E-state index in [0.717, 1.165) is 6.54 Å². The van der Waals surface area contributed by atoms with Crippen molar-refractivity contribution in [1.29, 1.82) is 0 Å². The maximum absolute atomic E-state index is 8.36. The van der Waals surface area contributed by atoms with E-state index in [1.165, 1.54) is 5.57 Å². The van der Waals surface area contributed by atoms with Gasteiger partial charge in [-0.25, -0.2) is 0 Å². The first-order chi connectivity index (χ1) is 6.06.